The Morgan fingerprint density at radius 3 is 1.97 bits per heavy atom. The number of amides is 1. The van der Waals surface area contributed by atoms with Crippen molar-refractivity contribution in [2.24, 2.45) is 0 Å². The Morgan fingerprint density at radius 1 is 0.672 bits per heavy atom. The van der Waals surface area contributed by atoms with Crippen LogP contribution in [-0.2, 0) is 9.63 Å². The maximum Gasteiger partial charge on any atom is 0.244 e. The normalized spacial score (nSPS) is 19.4. The molecule has 3 saturated heterocycles. The zero-order chi connectivity index (χ0) is 41.5. The molecule has 1 amide bonds. The van der Waals surface area contributed by atoms with Crippen molar-refractivity contribution in [3.8, 4) is 33.9 Å². The number of nitrogens with one attached hydrogen (secondary N) is 2. The molecule has 3 aromatic heterocycles. The number of hydrogen-bond donors (Lipinski definition) is 2. The molecule has 0 spiro atoms. The van der Waals surface area contributed by atoms with Crippen LogP contribution in [0.4, 0.5) is 0 Å². The number of hydrogen-bond acceptors (Lipinski definition) is 9. The molecule has 316 valence electrons. The summed E-state index contributed by atoms with van der Waals surface area (Å²) in [5, 5.41) is 2.13. The molecule has 0 aliphatic carbocycles. The standard InChI is InChI=1S/C49H58N10O2/c1-35(56(2)49(60)45(38-18-9-4-10-19-38)58-27-13-6-14-28-58)46-52-32-41(54-46)36-21-23-39(24-22-36)47-50-30-40(31-51-47)42-33-53-48(55-42)43-20-15-29-59(43)61-34-44(37-16-7-3-8-17-37)57-25-11-5-12-26-57/h3-4,7-10,16-19,21-24,30-33,35,43-45H,5-6,11-15,20,25-29,34H2,1-2H3,(H,52,54)(H,53,55)/t35-,43-,44-,45+/m0/s1. The van der Waals surface area contributed by atoms with E-state index in [1.165, 1.54) is 31.2 Å². The number of likely N-dealkylation sites (N-methyl/N-ethyl adjacent to an activating group) is 1. The lowest BCUT2D eigenvalue weighted by Gasteiger charge is -2.37. The topological polar surface area (TPSA) is 122 Å². The first kappa shape index (κ1) is 40.9. The Morgan fingerprint density at radius 2 is 1.28 bits per heavy atom. The van der Waals surface area contributed by atoms with Crippen LogP contribution < -0.4 is 0 Å². The number of nitrogens with zero attached hydrogens (tertiary/aromatic N) is 8. The highest BCUT2D eigenvalue weighted by atomic mass is 16.7. The third-order valence-corrected chi connectivity index (χ3v) is 13.0. The lowest BCUT2D eigenvalue weighted by molar-refractivity contribution is -0.185. The van der Waals surface area contributed by atoms with Gasteiger partial charge in [0.1, 0.15) is 17.7 Å². The number of piperidine rings is 2. The molecular formula is C49H58N10O2. The predicted octanol–water partition coefficient (Wildman–Crippen LogP) is 8.97. The molecule has 12 nitrogen and oxygen atoms in total. The first-order valence-electron chi connectivity index (χ1n) is 22.3. The summed E-state index contributed by atoms with van der Waals surface area (Å²) >= 11 is 0. The van der Waals surface area contributed by atoms with Crippen LogP contribution in [0.15, 0.2) is 110 Å². The lowest BCUT2D eigenvalue weighted by atomic mass is 10.00. The van der Waals surface area contributed by atoms with Crippen molar-refractivity contribution >= 4 is 5.91 Å². The number of aromatic amines is 2. The van der Waals surface area contributed by atoms with Gasteiger partial charge in [-0.2, -0.15) is 5.06 Å². The Kier molecular flexibility index (Phi) is 12.7. The Labute approximate surface area is 359 Å². The van der Waals surface area contributed by atoms with Crippen LogP contribution in [0.5, 0.6) is 0 Å². The summed E-state index contributed by atoms with van der Waals surface area (Å²) in [4.78, 5) is 53.6. The van der Waals surface area contributed by atoms with E-state index in [1.54, 1.807) is 0 Å². The van der Waals surface area contributed by atoms with Crippen LogP contribution in [0.2, 0.25) is 0 Å². The van der Waals surface area contributed by atoms with Crippen molar-refractivity contribution < 1.29 is 9.63 Å². The highest BCUT2D eigenvalue weighted by Gasteiger charge is 2.34. The van der Waals surface area contributed by atoms with Gasteiger partial charge in [0.2, 0.25) is 5.91 Å². The van der Waals surface area contributed by atoms with Gasteiger partial charge in [-0.3, -0.25) is 19.4 Å². The van der Waals surface area contributed by atoms with Gasteiger partial charge < -0.3 is 14.9 Å². The summed E-state index contributed by atoms with van der Waals surface area (Å²) in [6.45, 7) is 7.63. The molecule has 3 aromatic carbocycles. The highest BCUT2D eigenvalue weighted by molar-refractivity contribution is 5.83. The summed E-state index contributed by atoms with van der Waals surface area (Å²) in [6.07, 6.45) is 16.7. The van der Waals surface area contributed by atoms with Crippen molar-refractivity contribution in [1.29, 1.82) is 0 Å². The average Bonchev–Trinajstić information content (AvgIpc) is 4.13. The lowest BCUT2D eigenvalue weighted by Crippen LogP contribution is -2.44. The van der Waals surface area contributed by atoms with Gasteiger partial charge in [0.05, 0.1) is 48.5 Å². The van der Waals surface area contributed by atoms with E-state index in [0.717, 1.165) is 104 Å². The minimum Gasteiger partial charge on any atom is -0.341 e. The van der Waals surface area contributed by atoms with Crippen molar-refractivity contribution in [2.45, 2.75) is 82.5 Å². The zero-order valence-electron chi connectivity index (χ0n) is 35.5. The van der Waals surface area contributed by atoms with Crippen molar-refractivity contribution in [3.05, 3.63) is 132 Å². The second-order valence-electron chi connectivity index (χ2n) is 16.9. The summed E-state index contributed by atoms with van der Waals surface area (Å²) < 4.78 is 0. The number of aromatic nitrogens is 6. The number of carbonyl (C=O) groups excluding carboxylic acids is 1. The summed E-state index contributed by atoms with van der Waals surface area (Å²) in [7, 11) is 1.89. The largest absolute Gasteiger partial charge is 0.341 e. The van der Waals surface area contributed by atoms with Gasteiger partial charge in [0.25, 0.3) is 0 Å². The van der Waals surface area contributed by atoms with Crippen LogP contribution in [0.1, 0.15) is 105 Å². The van der Waals surface area contributed by atoms with Gasteiger partial charge in [0, 0.05) is 37.1 Å². The molecule has 12 heteroatoms. The maximum absolute atomic E-state index is 14.1. The van der Waals surface area contributed by atoms with E-state index < -0.39 is 0 Å². The van der Waals surface area contributed by atoms with Crippen LogP contribution in [0.25, 0.3) is 33.9 Å². The average molecular weight is 819 g/mol. The van der Waals surface area contributed by atoms with Crippen LogP contribution in [0.3, 0.4) is 0 Å². The number of carbonyl (C=O) groups is 1. The van der Waals surface area contributed by atoms with E-state index in [9.17, 15) is 4.79 Å². The van der Waals surface area contributed by atoms with E-state index >= 15 is 0 Å². The number of likely N-dealkylation sites (tertiary alicyclic amines) is 2. The first-order valence-corrected chi connectivity index (χ1v) is 22.3. The van der Waals surface area contributed by atoms with Gasteiger partial charge in [-0.25, -0.2) is 19.9 Å². The summed E-state index contributed by atoms with van der Waals surface area (Å²) in [5.41, 5.74) is 6.92. The molecule has 6 heterocycles. The first-order chi connectivity index (χ1) is 30.0. The third-order valence-electron chi connectivity index (χ3n) is 13.0. The summed E-state index contributed by atoms with van der Waals surface area (Å²) in [5.74, 6) is 2.39. The molecule has 3 aliphatic rings. The van der Waals surface area contributed by atoms with E-state index in [2.05, 4.69) is 79.4 Å². The molecule has 3 aliphatic heterocycles. The van der Waals surface area contributed by atoms with Gasteiger partial charge in [-0.15, -0.1) is 0 Å². The van der Waals surface area contributed by atoms with E-state index in [0.29, 0.717) is 12.4 Å². The fraction of sp³-hybridized carbons (Fsp3) is 0.408. The molecule has 9 rings (SSSR count). The highest BCUT2D eigenvalue weighted by Crippen LogP contribution is 2.35. The molecule has 0 saturated carbocycles. The van der Waals surface area contributed by atoms with Gasteiger partial charge in [-0.05, 0) is 88.3 Å². The van der Waals surface area contributed by atoms with E-state index in [4.69, 9.17) is 24.8 Å². The molecule has 4 atom stereocenters. The van der Waals surface area contributed by atoms with Crippen molar-refractivity contribution in [1.82, 2.24) is 49.7 Å². The van der Waals surface area contributed by atoms with Crippen LogP contribution in [0, 0.1) is 0 Å². The number of hydroxylamine groups is 2. The predicted molar refractivity (Wildman–Crippen MR) is 238 cm³/mol. The molecule has 3 fully saturated rings. The van der Waals surface area contributed by atoms with Crippen molar-refractivity contribution in [3.63, 3.8) is 0 Å². The second-order valence-corrected chi connectivity index (χ2v) is 16.9. The molecule has 61 heavy (non-hydrogen) atoms. The molecule has 0 radical (unpaired) electrons. The number of imidazole rings is 2. The van der Waals surface area contributed by atoms with E-state index in [-0.39, 0.29) is 30.1 Å². The Bertz CT molecular complexity index is 2300. The molecule has 2 N–H and O–H groups in total. The summed E-state index contributed by atoms with van der Waals surface area (Å²) in [6, 6.07) is 28.9. The van der Waals surface area contributed by atoms with E-state index in [1.807, 2.05) is 74.0 Å². The van der Waals surface area contributed by atoms with Gasteiger partial charge in [0.15, 0.2) is 5.82 Å². The number of rotatable bonds is 14. The molecule has 0 unspecified atom stereocenters. The second kappa shape index (κ2) is 19.0. The zero-order valence-corrected chi connectivity index (χ0v) is 35.5. The fourth-order valence-electron chi connectivity index (χ4n) is 9.30. The Hall–Kier alpha value is -5.53. The van der Waals surface area contributed by atoms with Gasteiger partial charge in [-0.1, -0.05) is 97.8 Å². The molecular weight excluding hydrogens is 761 g/mol. The minimum atomic E-state index is -0.305. The maximum atomic E-state index is 14.1. The van der Waals surface area contributed by atoms with Crippen molar-refractivity contribution in [2.75, 3.05) is 46.4 Å². The van der Waals surface area contributed by atoms with Crippen LogP contribution >= 0.6 is 0 Å². The van der Waals surface area contributed by atoms with Crippen LogP contribution in [-0.4, -0.2) is 102 Å². The molecule has 0 bridgehead atoms. The quantitative estimate of drug-likeness (QED) is 0.111. The Balaban J connectivity index is 0.824. The smallest absolute Gasteiger partial charge is 0.244 e. The third kappa shape index (κ3) is 9.23. The SMILES string of the molecule is C[C@@H](c1ncc(-c2ccc(-c3ncc(-c4cnc([C@@H]5CCCN5OC[C@@H](c5ccccc5)N5CCCCC5)[nH]4)cn3)cc2)[nH]1)N(C)C(=O)[C@@H](c1ccccc1)N1CCCCC1. The van der Waals surface area contributed by atoms with Gasteiger partial charge >= 0.3 is 0 Å². The number of benzene rings is 3. The monoisotopic (exact) mass is 818 g/mol. The molecule has 6 aromatic rings. The fourth-order valence-corrected chi connectivity index (χ4v) is 9.30. The minimum absolute atomic E-state index is 0.0687. The number of H-pyrrole nitrogens is 2.